The van der Waals surface area contributed by atoms with Crippen molar-refractivity contribution in [2.24, 2.45) is 11.8 Å². The highest BCUT2D eigenvalue weighted by molar-refractivity contribution is 7.47. The summed E-state index contributed by atoms with van der Waals surface area (Å²) in [5.41, 5.74) is 0. The van der Waals surface area contributed by atoms with Crippen molar-refractivity contribution in [3.05, 3.63) is 0 Å². The van der Waals surface area contributed by atoms with Gasteiger partial charge in [0.1, 0.15) is 19.3 Å². The Balaban J connectivity index is 5.25. The summed E-state index contributed by atoms with van der Waals surface area (Å²) in [6, 6.07) is 0. The maximum atomic E-state index is 13.1. The minimum atomic E-state index is -4.96. The van der Waals surface area contributed by atoms with E-state index in [9.17, 15) is 43.2 Å². The molecule has 3 N–H and O–H groups in total. The van der Waals surface area contributed by atoms with Gasteiger partial charge in [-0.15, -0.1) is 0 Å². The molecule has 2 unspecified atom stereocenters. The molecule has 0 aromatic heterocycles. The lowest BCUT2D eigenvalue weighted by atomic mass is 10.0. The van der Waals surface area contributed by atoms with Crippen LogP contribution in [0.25, 0.3) is 0 Å². The predicted octanol–water partition coefficient (Wildman–Crippen LogP) is 23.9. The van der Waals surface area contributed by atoms with E-state index in [4.69, 9.17) is 37.0 Å². The van der Waals surface area contributed by atoms with Crippen molar-refractivity contribution in [3.63, 3.8) is 0 Å². The molecule has 0 bridgehead atoms. The Labute approximate surface area is 607 Å². The van der Waals surface area contributed by atoms with Gasteiger partial charge in [-0.2, -0.15) is 0 Å². The zero-order chi connectivity index (χ0) is 72.8. The van der Waals surface area contributed by atoms with Gasteiger partial charge in [-0.05, 0) is 37.5 Å². The van der Waals surface area contributed by atoms with Crippen LogP contribution in [0.1, 0.15) is 420 Å². The van der Waals surface area contributed by atoms with E-state index in [0.717, 1.165) is 102 Å². The van der Waals surface area contributed by atoms with Crippen molar-refractivity contribution >= 4 is 39.5 Å². The number of ether oxygens (including phenoxy) is 4. The molecule has 0 aliphatic rings. The first kappa shape index (κ1) is 97.1. The Bertz CT molecular complexity index is 1910. The SMILES string of the molecule is CCCCCCCCCCCCCCCCCC(=O)OC[C@H](COP(=O)(O)OC[C@@H](O)COP(=O)(O)OC[C@@H](COC(=O)CCCCCCCCCCCC(C)C)OC(=O)CCCCCCCCCCCCCCC)OC(=O)CCCCCCCCCCCCCCCCCCC(C)C. The van der Waals surface area contributed by atoms with Crippen molar-refractivity contribution in [2.45, 2.75) is 439 Å². The Morgan fingerprint density at radius 3 is 0.687 bits per heavy atom. The number of hydrogen-bond donors (Lipinski definition) is 3. The molecule has 0 aromatic rings. The van der Waals surface area contributed by atoms with E-state index in [-0.39, 0.29) is 25.7 Å². The first-order valence-electron chi connectivity index (χ1n) is 41.5. The second kappa shape index (κ2) is 71.7. The van der Waals surface area contributed by atoms with Crippen LogP contribution in [0.15, 0.2) is 0 Å². The molecule has 0 spiro atoms. The number of phosphoric ester groups is 2. The predicted molar refractivity (Wildman–Crippen MR) is 405 cm³/mol. The number of unbranched alkanes of at least 4 members (excludes halogenated alkanes) is 49. The molecule has 0 amide bonds. The number of rotatable bonds is 79. The van der Waals surface area contributed by atoms with Crippen LogP contribution in [0, 0.1) is 11.8 Å². The summed E-state index contributed by atoms with van der Waals surface area (Å²) in [4.78, 5) is 73.0. The first-order valence-corrected chi connectivity index (χ1v) is 44.5. The fourth-order valence-electron chi connectivity index (χ4n) is 12.4. The molecule has 5 atom stereocenters. The molecule has 0 heterocycles. The zero-order valence-corrected chi connectivity index (χ0v) is 66.6. The molecule has 588 valence electrons. The van der Waals surface area contributed by atoms with Crippen LogP contribution in [0.3, 0.4) is 0 Å². The Kier molecular flexibility index (Phi) is 70.3. The third kappa shape index (κ3) is 74.1. The minimum absolute atomic E-state index is 0.107. The van der Waals surface area contributed by atoms with Gasteiger partial charge in [-0.3, -0.25) is 37.3 Å². The molecule has 0 radical (unpaired) electrons. The molecule has 0 fully saturated rings. The maximum absolute atomic E-state index is 13.1. The quantitative estimate of drug-likeness (QED) is 0.0222. The summed E-state index contributed by atoms with van der Waals surface area (Å²) >= 11 is 0. The van der Waals surface area contributed by atoms with Crippen LogP contribution < -0.4 is 0 Å². The summed E-state index contributed by atoms with van der Waals surface area (Å²) in [6.07, 6.45) is 60.9. The van der Waals surface area contributed by atoms with Crippen molar-refractivity contribution in [1.29, 1.82) is 0 Å². The highest BCUT2D eigenvalue weighted by Gasteiger charge is 2.30. The number of hydrogen-bond acceptors (Lipinski definition) is 15. The second-order valence-electron chi connectivity index (χ2n) is 29.8. The monoisotopic (exact) mass is 1450 g/mol. The molecule has 99 heavy (non-hydrogen) atoms. The summed E-state index contributed by atoms with van der Waals surface area (Å²) in [5, 5.41) is 10.6. The van der Waals surface area contributed by atoms with Gasteiger partial charge in [0, 0.05) is 25.7 Å². The maximum Gasteiger partial charge on any atom is 0.472 e. The van der Waals surface area contributed by atoms with Gasteiger partial charge in [-0.1, -0.05) is 369 Å². The smallest absolute Gasteiger partial charge is 0.462 e. The highest BCUT2D eigenvalue weighted by Crippen LogP contribution is 2.45. The molecular formula is C80H156O17P2. The molecule has 0 rings (SSSR count). The number of carbonyl (C=O) groups excluding carboxylic acids is 4. The molecular weight excluding hydrogens is 1290 g/mol. The molecule has 19 heteroatoms. The fraction of sp³-hybridized carbons (Fsp3) is 0.950. The summed E-state index contributed by atoms with van der Waals surface area (Å²) in [7, 11) is -9.92. The highest BCUT2D eigenvalue weighted by atomic mass is 31.2. The average Bonchev–Trinajstić information content (AvgIpc) is 0.984. The molecule has 0 aromatic carbocycles. The Hall–Kier alpha value is -1.94. The lowest BCUT2D eigenvalue weighted by molar-refractivity contribution is -0.161. The van der Waals surface area contributed by atoms with Gasteiger partial charge in [0.15, 0.2) is 12.2 Å². The van der Waals surface area contributed by atoms with Crippen molar-refractivity contribution in [2.75, 3.05) is 39.6 Å². The Morgan fingerprint density at radius 1 is 0.273 bits per heavy atom. The van der Waals surface area contributed by atoms with Gasteiger partial charge in [0.05, 0.1) is 26.4 Å². The molecule has 0 saturated carbocycles. The first-order chi connectivity index (χ1) is 47.9. The second-order valence-corrected chi connectivity index (χ2v) is 32.7. The Morgan fingerprint density at radius 2 is 0.465 bits per heavy atom. The van der Waals surface area contributed by atoms with Crippen molar-refractivity contribution < 1.29 is 80.2 Å². The summed E-state index contributed by atoms with van der Waals surface area (Å²) in [6.45, 7) is 9.65. The molecule has 0 aliphatic heterocycles. The summed E-state index contributed by atoms with van der Waals surface area (Å²) in [5.74, 6) is -0.554. The van der Waals surface area contributed by atoms with E-state index in [2.05, 4.69) is 41.5 Å². The average molecular weight is 1450 g/mol. The standard InChI is InChI=1S/C80H156O17P2/c1-7-9-11-13-15-17-19-21-24-29-32-38-44-50-56-62-77(82)90-68-75(96-80(85)65-59-53-47-40-34-30-26-23-22-25-28-31-36-42-48-54-60-72(3)4)70-94-98(86,87)92-66-74(81)67-93-99(88,89)95-71-76(69-91-78(83)63-57-51-45-41-35-37-43-49-55-61-73(5)6)97-79(84)64-58-52-46-39-33-27-20-18-16-14-12-10-8-2/h72-76,81H,7-71H2,1-6H3,(H,86,87)(H,88,89)/t74-,75-,76-/m1/s1. The molecule has 0 aliphatic carbocycles. The largest absolute Gasteiger partial charge is 0.472 e. The lowest BCUT2D eigenvalue weighted by Crippen LogP contribution is -2.30. The third-order valence-corrected chi connectivity index (χ3v) is 20.6. The minimum Gasteiger partial charge on any atom is -0.462 e. The van der Waals surface area contributed by atoms with Gasteiger partial charge >= 0.3 is 39.5 Å². The third-order valence-electron chi connectivity index (χ3n) is 18.7. The number of esters is 4. The van der Waals surface area contributed by atoms with Crippen LogP contribution in [-0.2, 0) is 65.4 Å². The van der Waals surface area contributed by atoms with E-state index < -0.39 is 97.5 Å². The summed E-state index contributed by atoms with van der Waals surface area (Å²) < 4.78 is 68.7. The van der Waals surface area contributed by atoms with E-state index in [1.807, 2.05) is 0 Å². The molecule has 0 saturated heterocycles. The number of aliphatic hydroxyl groups is 1. The zero-order valence-electron chi connectivity index (χ0n) is 64.8. The van der Waals surface area contributed by atoms with Crippen molar-refractivity contribution in [1.82, 2.24) is 0 Å². The van der Waals surface area contributed by atoms with Crippen LogP contribution in [0.4, 0.5) is 0 Å². The number of carbonyl (C=O) groups is 4. The van der Waals surface area contributed by atoms with Crippen LogP contribution in [0.5, 0.6) is 0 Å². The van der Waals surface area contributed by atoms with Gasteiger partial charge in [-0.25, -0.2) is 9.13 Å². The van der Waals surface area contributed by atoms with E-state index >= 15 is 0 Å². The van der Waals surface area contributed by atoms with Crippen molar-refractivity contribution in [3.8, 4) is 0 Å². The van der Waals surface area contributed by atoms with E-state index in [1.54, 1.807) is 0 Å². The lowest BCUT2D eigenvalue weighted by Gasteiger charge is -2.21. The van der Waals surface area contributed by atoms with Gasteiger partial charge < -0.3 is 33.8 Å². The molecule has 17 nitrogen and oxygen atoms in total. The van der Waals surface area contributed by atoms with Gasteiger partial charge in [0.25, 0.3) is 0 Å². The van der Waals surface area contributed by atoms with Crippen LogP contribution in [0.2, 0.25) is 0 Å². The van der Waals surface area contributed by atoms with Gasteiger partial charge in [0.2, 0.25) is 0 Å². The number of phosphoric acid groups is 2. The fourth-order valence-corrected chi connectivity index (χ4v) is 13.9. The van der Waals surface area contributed by atoms with E-state index in [1.165, 1.54) is 238 Å². The van der Waals surface area contributed by atoms with E-state index in [0.29, 0.717) is 25.7 Å². The van der Waals surface area contributed by atoms with Crippen LogP contribution >= 0.6 is 15.6 Å². The topological polar surface area (TPSA) is 237 Å². The normalized spacial score (nSPS) is 13.9. The van der Waals surface area contributed by atoms with Crippen LogP contribution in [-0.4, -0.2) is 96.7 Å². The number of aliphatic hydroxyl groups excluding tert-OH is 1.